The molecule has 2 heterocycles. The quantitative estimate of drug-likeness (QED) is 0.435. The summed E-state index contributed by atoms with van der Waals surface area (Å²) in [6, 6.07) is 4.69. The van der Waals surface area contributed by atoms with Gasteiger partial charge in [-0.1, -0.05) is 31.4 Å². The maximum absolute atomic E-state index is 13.8. The molecule has 1 saturated heterocycles. The van der Waals surface area contributed by atoms with Crippen LogP contribution in [0.25, 0.3) is 0 Å². The molecule has 218 valence electrons. The Balaban J connectivity index is 1.42. The third kappa shape index (κ3) is 7.20. The van der Waals surface area contributed by atoms with Gasteiger partial charge in [-0.25, -0.2) is 14.2 Å². The normalized spacial score (nSPS) is 18.1. The highest BCUT2D eigenvalue weighted by molar-refractivity contribution is 5.88. The highest BCUT2D eigenvalue weighted by atomic mass is 19.1. The van der Waals surface area contributed by atoms with Gasteiger partial charge in [-0.3, -0.25) is 9.59 Å². The van der Waals surface area contributed by atoms with Crippen LogP contribution in [0.1, 0.15) is 63.1 Å². The molecule has 2 N–H and O–H groups in total. The summed E-state index contributed by atoms with van der Waals surface area (Å²) in [4.78, 5) is 45.7. The molecule has 1 atom stereocenters. The van der Waals surface area contributed by atoms with Gasteiger partial charge < -0.3 is 24.8 Å². The number of urea groups is 1. The van der Waals surface area contributed by atoms with Crippen molar-refractivity contribution in [2.24, 2.45) is 18.4 Å². The first kappa shape index (κ1) is 29.6. The van der Waals surface area contributed by atoms with Gasteiger partial charge in [-0.05, 0) is 56.2 Å². The molecule has 1 aromatic heterocycles. The summed E-state index contributed by atoms with van der Waals surface area (Å²) in [6.45, 7) is 3.42. The SMILES string of the molecule is CCOC(=O)C1(C2CCCCC2)CCN(C(=O)[C@@H](Cc2ccc(F)cc2)NC(=O)NCCc2cncn2C)CC1. The second kappa shape index (κ2) is 13.8. The molecule has 0 spiro atoms. The van der Waals surface area contributed by atoms with E-state index in [9.17, 15) is 18.8 Å². The van der Waals surface area contributed by atoms with Crippen LogP contribution in [0.2, 0.25) is 0 Å². The highest BCUT2D eigenvalue weighted by Crippen LogP contribution is 2.47. The number of hydrogen-bond acceptors (Lipinski definition) is 5. The highest BCUT2D eigenvalue weighted by Gasteiger charge is 2.49. The lowest BCUT2D eigenvalue weighted by molar-refractivity contribution is -0.166. The van der Waals surface area contributed by atoms with Gasteiger partial charge >= 0.3 is 12.0 Å². The number of ether oxygens (including phenoxy) is 1. The number of likely N-dealkylation sites (tertiary alicyclic amines) is 1. The van der Waals surface area contributed by atoms with Crippen molar-refractivity contribution in [3.05, 3.63) is 53.9 Å². The van der Waals surface area contributed by atoms with E-state index in [2.05, 4.69) is 15.6 Å². The van der Waals surface area contributed by atoms with Gasteiger partial charge in [0.2, 0.25) is 5.91 Å². The minimum atomic E-state index is -0.827. The van der Waals surface area contributed by atoms with E-state index < -0.39 is 17.5 Å². The number of carbonyl (C=O) groups is 3. The molecule has 2 aliphatic rings. The fourth-order valence-corrected chi connectivity index (χ4v) is 6.25. The molecule has 0 bridgehead atoms. The Morgan fingerprint density at radius 1 is 1.12 bits per heavy atom. The van der Waals surface area contributed by atoms with E-state index in [0.29, 0.717) is 45.5 Å². The predicted molar refractivity (Wildman–Crippen MR) is 149 cm³/mol. The van der Waals surface area contributed by atoms with Crippen molar-refractivity contribution in [3.8, 4) is 0 Å². The topological polar surface area (TPSA) is 106 Å². The standard InChI is InChI=1S/C30H42FN5O4/c1-3-40-28(38)30(23-7-5-4-6-8-23)14-17-36(18-15-30)27(37)26(19-22-9-11-24(31)12-10-22)34-29(39)33-16-13-25-20-32-21-35(25)2/h9-12,20-21,23,26H,3-8,13-19H2,1-2H3,(H2,33,34,39)/t26-/m1/s1. The number of carbonyl (C=O) groups excluding carboxylic acids is 3. The molecule has 0 radical (unpaired) electrons. The third-order valence-electron chi connectivity index (χ3n) is 8.58. The maximum Gasteiger partial charge on any atom is 0.315 e. The predicted octanol–water partition coefficient (Wildman–Crippen LogP) is 3.76. The number of nitrogens with zero attached hydrogens (tertiary/aromatic N) is 3. The van der Waals surface area contributed by atoms with E-state index >= 15 is 0 Å². The second-order valence-electron chi connectivity index (χ2n) is 11.1. The summed E-state index contributed by atoms with van der Waals surface area (Å²) in [6.07, 6.45) is 10.9. The number of hydrogen-bond donors (Lipinski definition) is 2. The summed E-state index contributed by atoms with van der Waals surface area (Å²) < 4.78 is 21.0. The lowest BCUT2D eigenvalue weighted by Gasteiger charge is -2.46. The Kier molecular flexibility index (Phi) is 10.2. The summed E-state index contributed by atoms with van der Waals surface area (Å²) in [5.41, 5.74) is 1.17. The van der Waals surface area contributed by atoms with Gasteiger partial charge in [-0.15, -0.1) is 0 Å². The zero-order valence-electron chi connectivity index (χ0n) is 23.7. The minimum Gasteiger partial charge on any atom is -0.466 e. The molecule has 1 aliphatic carbocycles. The van der Waals surface area contributed by atoms with Crippen molar-refractivity contribution in [1.29, 1.82) is 0 Å². The monoisotopic (exact) mass is 555 g/mol. The van der Waals surface area contributed by atoms with E-state index in [1.165, 1.54) is 18.6 Å². The first-order valence-corrected chi connectivity index (χ1v) is 14.5. The number of piperidine rings is 1. The number of nitrogens with one attached hydrogen (secondary N) is 2. The number of halogens is 1. The van der Waals surface area contributed by atoms with Crippen LogP contribution >= 0.6 is 0 Å². The molecule has 1 aliphatic heterocycles. The zero-order chi connectivity index (χ0) is 28.5. The lowest BCUT2D eigenvalue weighted by atomic mass is 9.63. The molecule has 10 heteroatoms. The zero-order valence-corrected chi connectivity index (χ0v) is 23.7. The number of aryl methyl sites for hydroxylation is 1. The summed E-state index contributed by atoms with van der Waals surface area (Å²) in [7, 11) is 1.89. The molecular formula is C30H42FN5O4. The summed E-state index contributed by atoms with van der Waals surface area (Å²) in [5.74, 6) is -0.424. The molecule has 1 saturated carbocycles. The van der Waals surface area contributed by atoms with Gasteiger partial charge in [0.25, 0.3) is 0 Å². The molecule has 4 rings (SSSR count). The molecule has 1 aromatic carbocycles. The molecule has 2 aromatic rings. The van der Waals surface area contributed by atoms with E-state index in [-0.39, 0.29) is 30.0 Å². The summed E-state index contributed by atoms with van der Waals surface area (Å²) in [5, 5.41) is 5.68. The van der Waals surface area contributed by atoms with Gasteiger partial charge in [0.15, 0.2) is 0 Å². The van der Waals surface area contributed by atoms with Crippen LogP contribution in [-0.4, -0.2) is 64.6 Å². The average Bonchev–Trinajstić information content (AvgIpc) is 3.38. The van der Waals surface area contributed by atoms with Crippen molar-refractivity contribution >= 4 is 17.9 Å². The van der Waals surface area contributed by atoms with Crippen LogP contribution in [0.15, 0.2) is 36.8 Å². The Morgan fingerprint density at radius 3 is 2.45 bits per heavy atom. The van der Waals surface area contributed by atoms with Crippen LogP contribution in [0.4, 0.5) is 9.18 Å². The van der Waals surface area contributed by atoms with Crippen molar-refractivity contribution in [2.45, 2.75) is 70.8 Å². The molecule has 2 fully saturated rings. The van der Waals surface area contributed by atoms with Crippen molar-refractivity contribution in [1.82, 2.24) is 25.1 Å². The van der Waals surface area contributed by atoms with Crippen LogP contribution in [0.5, 0.6) is 0 Å². The van der Waals surface area contributed by atoms with Crippen molar-refractivity contribution in [2.75, 3.05) is 26.2 Å². The van der Waals surface area contributed by atoms with Gasteiger partial charge in [-0.2, -0.15) is 0 Å². The van der Waals surface area contributed by atoms with E-state index in [1.807, 2.05) is 18.5 Å². The number of aromatic nitrogens is 2. The van der Waals surface area contributed by atoms with Gasteiger partial charge in [0.1, 0.15) is 11.9 Å². The Hall–Kier alpha value is -3.43. The van der Waals surface area contributed by atoms with E-state index in [4.69, 9.17) is 4.74 Å². The number of imidazole rings is 1. The number of benzene rings is 1. The fraction of sp³-hybridized carbons (Fsp3) is 0.600. The van der Waals surface area contributed by atoms with Crippen LogP contribution in [0.3, 0.4) is 0 Å². The molecule has 40 heavy (non-hydrogen) atoms. The number of amides is 3. The first-order chi connectivity index (χ1) is 19.3. The first-order valence-electron chi connectivity index (χ1n) is 14.5. The Labute approximate surface area is 235 Å². The van der Waals surface area contributed by atoms with E-state index in [0.717, 1.165) is 36.9 Å². The maximum atomic E-state index is 13.8. The summed E-state index contributed by atoms with van der Waals surface area (Å²) >= 11 is 0. The lowest BCUT2D eigenvalue weighted by Crippen LogP contribution is -2.56. The molecule has 9 nitrogen and oxygen atoms in total. The Bertz CT molecular complexity index is 1140. The number of rotatable bonds is 10. The largest absolute Gasteiger partial charge is 0.466 e. The van der Waals surface area contributed by atoms with Crippen molar-refractivity contribution in [3.63, 3.8) is 0 Å². The molecule has 0 unspecified atom stereocenters. The van der Waals surface area contributed by atoms with Gasteiger partial charge in [0, 0.05) is 51.4 Å². The smallest absolute Gasteiger partial charge is 0.315 e. The second-order valence-corrected chi connectivity index (χ2v) is 11.1. The average molecular weight is 556 g/mol. The molecular weight excluding hydrogens is 513 g/mol. The van der Waals surface area contributed by atoms with Crippen molar-refractivity contribution < 1.29 is 23.5 Å². The number of esters is 1. The van der Waals surface area contributed by atoms with Gasteiger partial charge in [0.05, 0.1) is 18.3 Å². The molecule has 3 amide bonds. The van der Waals surface area contributed by atoms with Crippen LogP contribution in [-0.2, 0) is 34.2 Å². The fourth-order valence-electron chi connectivity index (χ4n) is 6.25. The van der Waals surface area contributed by atoms with Crippen LogP contribution in [0, 0.1) is 17.2 Å². The Morgan fingerprint density at radius 2 is 1.82 bits per heavy atom. The third-order valence-corrected chi connectivity index (χ3v) is 8.58. The van der Waals surface area contributed by atoms with E-state index in [1.54, 1.807) is 29.6 Å². The van der Waals surface area contributed by atoms with Crippen LogP contribution < -0.4 is 10.6 Å². The minimum absolute atomic E-state index is 0.136.